The molecule has 0 saturated heterocycles. The summed E-state index contributed by atoms with van der Waals surface area (Å²) in [4.78, 5) is 16.0. The van der Waals surface area contributed by atoms with Crippen LogP contribution in [0.3, 0.4) is 0 Å². The quantitative estimate of drug-likeness (QED) is 0.849. The molecule has 0 radical (unpaired) electrons. The number of nitrogens with zero attached hydrogens (tertiary/aromatic N) is 3. The standard InChI is InChI=1S/C11H13N5O2/c1-3-12-9-6-8(4-5-13-9)10(17)14-11-16-15-7(2)18-11/h4-6H,3H2,1-2H3,(H,12,13)(H,14,16,17). The van der Waals surface area contributed by atoms with Crippen molar-refractivity contribution in [3.8, 4) is 0 Å². The molecule has 2 heterocycles. The smallest absolute Gasteiger partial charge is 0.322 e. The van der Waals surface area contributed by atoms with E-state index in [0.717, 1.165) is 6.54 Å². The third-order valence-corrected chi connectivity index (χ3v) is 2.13. The maximum absolute atomic E-state index is 11.9. The number of pyridine rings is 1. The van der Waals surface area contributed by atoms with Crippen molar-refractivity contribution >= 4 is 17.7 Å². The van der Waals surface area contributed by atoms with Gasteiger partial charge in [-0.1, -0.05) is 5.10 Å². The summed E-state index contributed by atoms with van der Waals surface area (Å²) in [7, 11) is 0. The highest BCUT2D eigenvalue weighted by Crippen LogP contribution is 2.10. The van der Waals surface area contributed by atoms with Gasteiger partial charge in [-0.15, -0.1) is 5.10 Å². The van der Waals surface area contributed by atoms with Crippen molar-refractivity contribution in [3.05, 3.63) is 29.8 Å². The molecule has 0 unspecified atom stereocenters. The lowest BCUT2D eigenvalue weighted by molar-refractivity contribution is 0.102. The molecular formula is C11H13N5O2. The number of amides is 1. The van der Waals surface area contributed by atoms with Gasteiger partial charge >= 0.3 is 6.01 Å². The fraction of sp³-hybridized carbons (Fsp3) is 0.273. The van der Waals surface area contributed by atoms with Crippen molar-refractivity contribution in [2.45, 2.75) is 13.8 Å². The maximum atomic E-state index is 11.9. The molecule has 0 aliphatic heterocycles. The summed E-state index contributed by atoms with van der Waals surface area (Å²) in [5.41, 5.74) is 0.469. The molecule has 0 spiro atoms. The molecule has 0 aromatic carbocycles. The van der Waals surface area contributed by atoms with E-state index in [1.807, 2.05) is 6.92 Å². The van der Waals surface area contributed by atoms with Gasteiger partial charge in [0.1, 0.15) is 5.82 Å². The van der Waals surface area contributed by atoms with E-state index in [2.05, 4.69) is 25.8 Å². The van der Waals surface area contributed by atoms with Crippen LogP contribution >= 0.6 is 0 Å². The Morgan fingerprint density at radius 2 is 2.28 bits per heavy atom. The maximum Gasteiger partial charge on any atom is 0.322 e. The van der Waals surface area contributed by atoms with Crippen LogP contribution in [0, 0.1) is 6.92 Å². The average Bonchev–Trinajstić information content (AvgIpc) is 2.75. The predicted octanol–water partition coefficient (Wildman–Crippen LogP) is 1.46. The summed E-state index contributed by atoms with van der Waals surface area (Å²) in [6.07, 6.45) is 1.56. The Morgan fingerprint density at radius 1 is 1.44 bits per heavy atom. The van der Waals surface area contributed by atoms with E-state index in [1.54, 1.807) is 25.3 Å². The van der Waals surface area contributed by atoms with Crippen molar-refractivity contribution in [1.29, 1.82) is 0 Å². The number of nitrogens with one attached hydrogen (secondary N) is 2. The molecule has 2 N–H and O–H groups in total. The monoisotopic (exact) mass is 247 g/mol. The lowest BCUT2D eigenvalue weighted by atomic mass is 10.2. The molecule has 1 amide bonds. The first-order valence-electron chi connectivity index (χ1n) is 5.50. The third-order valence-electron chi connectivity index (χ3n) is 2.13. The first kappa shape index (κ1) is 12.0. The Kier molecular flexibility index (Phi) is 3.52. The molecular weight excluding hydrogens is 234 g/mol. The van der Waals surface area contributed by atoms with Gasteiger partial charge in [-0.05, 0) is 19.1 Å². The van der Waals surface area contributed by atoms with E-state index >= 15 is 0 Å². The highest BCUT2D eigenvalue weighted by molar-refractivity contribution is 6.03. The zero-order valence-electron chi connectivity index (χ0n) is 10.1. The van der Waals surface area contributed by atoms with E-state index in [1.165, 1.54) is 0 Å². The second kappa shape index (κ2) is 5.26. The zero-order chi connectivity index (χ0) is 13.0. The Balaban J connectivity index is 2.11. The van der Waals surface area contributed by atoms with Gasteiger partial charge in [-0.3, -0.25) is 10.1 Å². The fourth-order valence-electron chi connectivity index (χ4n) is 1.37. The van der Waals surface area contributed by atoms with Gasteiger partial charge in [0.05, 0.1) is 0 Å². The van der Waals surface area contributed by atoms with E-state index in [9.17, 15) is 4.79 Å². The second-order valence-electron chi connectivity index (χ2n) is 3.54. The average molecular weight is 247 g/mol. The van der Waals surface area contributed by atoms with E-state index in [0.29, 0.717) is 17.3 Å². The molecule has 0 atom stereocenters. The first-order chi connectivity index (χ1) is 8.69. The van der Waals surface area contributed by atoms with Gasteiger partial charge in [0.25, 0.3) is 5.91 Å². The Hall–Kier alpha value is -2.44. The highest BCUT2D eigenvalue weighted by atomic mass is 16.4. The van der Waals surface area contributed by atoms with Gasteiger partial charge in [0.15, 0.2) is 0 Å². The van der Waals surface area contributed by atoms with E-state index in [-0.39, 0.29) is 11.9 Å². The van der Waals surface area contributed by atoms with Gasteiger partial charge < -0.3 is 9.73 Å². The van der Waals surface area contributed by atoms with Crippen LogP contribution in [0.25, 0.3) is 0 Å². The number of aryl methyl sites for hydroxylation is 1. The Labute approximate surface area is 104 Å². The molecule has 0 aliphatic carbocycles. The molecule has 0 saturated carbocycles. The molecule has 2 rings (SSSR count). The van der Waals surface area contributed by atoms with E-state index < -0.39 is 0 Å². The molecule has 18 heavy (non-hydrogen) atoms. The van der Waals surface area contributed by atoms with Crippen LogP contribution in [0.2, 0.25) is 0 Å². The second-order valence-corrected chi connectivity index (χ2v) is 3.54. The summed E-state index contributed by atoms with van der Waals surface area (Å²) < 4.78 is 5.07. The summed E-state index contributed by atoms with van der Waals surface area (Å²) in [6, 6.07) is 3.35. The molecule has 2 aromatic heterocycles. The third kappa shape index (κ3) is 2.82. The normalized spacial score (nSPS) is 10.1. The Bertz CT molecular complexity index is 552. The molecule has 0 aliphatic rings. The fourth-order valence-corrected chi connectivity index (χ4v) is 1.37. The number of hydrogen-bond acceptors (Lipinski definition) is 6. The van der Waals surface area contributed by atoms with Crippen molar-refractivity contribution in [1.82, 2.24) is 15.2 Å². The Morgan fingerprint density at radius 3 is 2.94 bits per heavy atom. The number of rotatable bonds is 4. The summed E-state index contributed by atoms with van der Waals surface area (Å²) in [6.45, 7) is 4.34. The topological polar surface area (TPSA) is 92.9 Å². The molecule has 7 nitrogen and oxygen atoms in total. The number of carbonyl (C=O) groups excluding carboxylic acids is 1. The highest BCUT2D eigenvalue weighted by Gasteiger charge is 2.10. The predicted molar refractivity (Wildman–Crippen MR) is 65.4 cm³/mol. The van der Waals surface area contributed by atoms with Crippen molar-refractivity contribution in [2.75, 3.05) is 17.2 Å². The van der Waals surface area contributed by atoms with Gasteiger partial charge in [-0.25, -0.2) is 4.98 Å². The molecule has 94 valence electrons. The number of aromatic nitrogens is 3. The largest absolute Gasteiger partial charge is 0.408 e. The molecule has 2 aromatic rings. The van der Waals surface area contributed by atoms with Gasteiger partial charge in [0.2, 0.25) is 5.89 Å². The van der Waals surface area contributed by atoms with Crippen molar-refractivity contribution in [2.24, 2.45) is 0 Å². The minimum Gasteiger partial charge on any atom is -0.408 e. The lowest BCUT2D eigenvalue weighted by Crippen LogP contribution is -2.13. The van der Waals surface area contributed by atoms with Crippen LogP contribution in [-0.4, -0.2) is 27.6 Å². The SMILES string of the molecule is CCNc1cc(C(=O)Nc2nnc(C)o2)ccn1. The van der Waals surface area contributed by atoms with Crippen molar-refractivity contribution in [3.63, 3.8) is 0 Å². The van der Waals surface area contributed by atoms with Gasteiger partial charge in [0, 0.05) is 25.2 Å². The minimum absolute atomic E-state index is 0.0827. The molecule has 7 heteroatoms. The summed E-state index contributed by atoms with van der Waals surface area (Å²) in [5, 5.41) is 12.9. The molecule has 0 bridgehead atoms. The van der Waals surface area contributed by atoms with Gasteiger partial charge in [-0.2, -0.15) is 0 Å². The van der Waals surface area contributed by atoms with Crippen LogP contribution < -0.4 is 10.6 Å². The zero-order valence-corrected chi connectivity index (χ0v) is 10.1. The van der Waals surface area contributed by atoms with Crippen LogP contribution in [-0.2, 0) is 0 Å². The van der Waals surface area contributed by atoms with Crippen LogP contribution in [0.1, 0.15) is 23.2 Å². The minimum atomic E-state index is -0.319. The molecule has 0 fully saturated rings. The van der Waals surface area contributed by atoms with Crippen LogP contribution in [0.15, 0.2) is 22.7 Å². The number of anilines is 2. The lowest BCUT2D eigenvalue weighted by Gasteiger charge is -2.04. The van der Waals surface area contributed by atoms with Crippen molar-refractivity contribution < 1.29 is 9.21 Å². The summed E-state index contributed by atoms with van der Waals surface area (Å²) >= 11 is 0. The van der Waals surface area contributed by atoms with Crippen LogP contribution in [0.5, 0.6) is 0 Å². The first-order valence-corrected chi connectivity index (χ1v) is 5.50. The van der Waals surface area contributed by atoms with Crippen LogP contribution in [0.4, 0.5) is 11.8 Å². The number of carbonyl (C=O) groups is 1. The summed E-state index contributed by atoms with van der Waals surface area (Å²) in [5.74, 6) is 0.723. The van der Waals surface area contributed by atoms with E-state index in [4.69, 9.17) is 4.42 Å². The number of hydrogen-bond donors (Lipinski definition) is 2.